The summed E-state index contributed by atoms with van der Waals surface area (Å²) in [6, 6.07) is 5.66. The maximum atomic E-state index is 5.67. The molecule has 1 aliphatic heterocycles. The van der Waals surface area contributed by atoms with Crippen molar-refractivity contribution in [3.8, 4) is 0 Å². The maximum absolute atomic E-state index is 5.67. The number of pyridine rings is 1. The third-order valence-corrected chi connectivity index (χ3v) is 2.33. The van der Waals surface area contributed by atoms with Crippen molar-refractivity contribution in [2.45, 2.75) is 18.8 Å². The lowest BCUT2D eigenvalue weighted by atomic mass is 10.2. The molecule has 76 valence electrons. The predicted molar refractivity (Wildman–Crippen MR) is 51.5 cm³/mol. The van der Waals surface area contributed by atoms with Crippen molar-refractivity contribution in [2.75, 3.05) is 13.2 Å². The summed E-state index contributed by atoms with van der Waals surface area (Å²) in [5.74, 6) is -0.731. The van der Waals surface area contributed by atoms with E-state index < -0.39 is 5.79 Å². The van der Waals surface area contributed by atoms with Gasteiger partial charge in [0.05, 0.1) is 18.4 Å². The van der Waals surface area contributed by atoms with Crippen LogP contribution in [0.1, 0.15) is 12.6 Å². The summed E-state index contributed by atoms with van der Waals surface area (Å²) < 4.78 is 11.2. The van der Waals surface area contributed by atoms with Gasteiger partial charge in [0.25, 0.3) is 0 Å². The molecule has 0 saturated carbocycles. The highest BCUT2D eigenvalue weighted by atomic mass is 16.7. The molecule has 2 N–H and O–H groups in total. The molecule has 14 heavy (non-hydrogen) atoms. The van der Waals surface area contributed by atoms with Gasteiger partial charge < -0.3 is 15.2 Å². The lowest BCUT2D eigenvalue weighted by molar-refractivity contribution is -0.163. The Morgan fingerprint density at radius 2 is 2.50 bits per heavy atom. The molecule has 1 fully saturated rings. The fourth-order valence-corrected chi connectivity index (χ4v) is 1.52. The average Bonchev–Trinajstić information content (AvgIpc) is 2.63. The summed E-state index contributed by atoms with van der Waals surface area (Å²) in [6.45, 7) is 2.87. The van der Waals surface area contributed by atoms with Crippen LogP contribution in [0, 0.1) is 0 Å². The Hall–Kier alpha value is -0.970. The molecule has 0 spiro atoms. The second-order valence-corrected chi connectivity index (χ2v) is 3.45. The normalized spacial score (nSPS) is 32.0. The summed E-state index contributed by atoms with van der Waals surface area (Å²) in [4.78, 5) is 4.21. The first-order chi connectivity index (χ1) is 6.74. The molecule has 0 amide bonds. The zero-order valence-electron chi connectivity index (χ0n) is 8.14. The first-order valence-corrected chi connectivity index (χ1v) is 4.68. The van der Waals surface area contributed by atoms with Crippen LogP contribution in [0.3, 0.4) is 0 Å². The van der Waals surface area contributed by atoms with E-state index in [4.69, 9.17) is 15.2 Å². The summed E-state index contributed by atoms with van der Waals surface area (Å²) in [5.41, 5.74) is 6.30. The van der Waals surface area contributed by atoms with Crippen LogP contribution in [0.2, 0.25) is 0 Å². The van der Waals surface area contributed by atoms with E-state index in [1.165, 1.54) is 0 Å². The molecule has 0 bridgehead atoms. The van der Waals surface area contributed by atoms with Gasteiger partial charge in [0.1, 0.15) is 0 Å². The van der Waals surface area contributed by atoms with Crippen molar-refractivity contribution in [2.24, 2.45) is 5.73 Å². The summed E-state index contributed by atoms with van der Waals surface area (Å²) in [5, 5.41) is 0. The van der Waals surface area contributed by atoms with Crippen molar-refractivity contribution < 1.29 is 9.47 Å². The predicted octanol–water partition coefficient (Wildman–Crippen LogP) is 0.628. The molecule has 2 rings (SSSR count). The zero-order chi connectivity index (χ0) is 10.0. The zero-order valence-corrected chi connectivity index (χ0v) is 8.14. The first kappa shape index (κ1) is 9.58. The van der Waals surface area contributed by atoms with Crippen LogP contribution in [0.25, 0.3) is 0 Å². The summed E-state index contributed by atoms with van der Waals surface area (Å²) in [7, 11) is 0. The number of hydrogen-bond acceptors (Lipinski definition) is 4. The largest absolute Gasteiger partial charge is 0.342 e. The van der Waals surface area contributed by atoms with Crippen LogP contribution < -0.4 is 5.73 Å². The van der Waals surface area contributed by atoms with Crippen molar-refractivity contribution in [3.63, 3.8) is 0 Å². The van der Waals surface area contributed by atoms with Gasteiger partial charge in [-0.25, -0.2) is 0 Å². The van der Waals surface area contributed by atoms with E-state index in [9.17, 15) is 0 Å². The molecular formula is C10H14N2O2. The molecule has 0 radical (unpaired) electrons. The molecule has 2 heterocycles. The Bertz CT molecular complexity index is 304. The van der Waals surface area contributed by atoms with E-state index in [1.807, 2.05) is 25.1 Å². The van der Waals surface area contributed by atoms with E-state index in [-0.39, 0.29) is 6.10 Å². The smallest absolute Gasteiger partial charge is 0.209 e. The van der Waals surface area contributed by atoms with Crippen LogP contribution >= 0.6 is 0 Å². The van der Waals surface area contributed by atoms with Gasteiger partial charge in [-0.05, 0) is 19.1 Å². The van der Waals surface area contributed by atoms with Gasteiger partial charge in [0.2, 0.25) is 5.79 Å². The highest BCUT2D eigenvalue weighted by Gasteiger charge is 2.39. The fourth-order valence-electron chi connectivity index (χ4n) is 1.52. The van der Waals surface area contributed by atoms with Gasteiger partial charge in [0.15, 0.2) is 0 Å². The first-order valence-electron chi connectivity index (χ1n) is 4.68. The van der Waals surface area contributed by atoms with Crippen LogP contribution in [0.4, 0.5) is 0 Å². The topological polar surface area (TPSA) is 57.4 Å². The van der Waals surface area contributed by atoms with Crippen molar-refractivity contribution >= 4 is 0 Å². The third kappa shape index (κ3) is 1.64. The van der Waals surface area contributed by atoms with Crippen LogP contribution in [-0.4, -0.2) is 24.2 Å². The second-order valence-electron chi connectivity index (χ2n) is 3.45. The highest BCUT2D eigenvalue weighted by Crippen LogP contribution is 2.31. The van der Waals surface area contributed by atoms with E-state index in [0.717, 1.165) is 5.69 Å². The highest BCUT2D eigenvalue weighted by molar-refractivity contribution is 5.10. The average molecular weight is 194 g/mol. The molecule has 1 aliphatic rings. The van der Waals surface area contributed by atoms with Gasteiger partial charge in [-0.1, -0.05) is 6.07 Å². The number of nitrogens with zero attached hydrogens (tertiary/aromatic N) is 1. The number of hydrogen-bond donors (Lipinski definition) is 1. The SMILES string of the molecule is CC1(c2ccccn2)OCC(CN)O1. The molecule has 2 atom stereocenters. The molecule has 1 aromatic heterocycles. The van der Waals surface area contributed by atoms with Gasteiger partial charge in [0, 0.05) is 12.7 Å². The minimum absolute atomic E-state index is 0.0259. The summed E-state index contributed by atoms with van der Waals surface area (Å²) in [6.07, 6.45) is 1.70. The number of rotatable bonds is 2. The quantitative estimate of drug-likeness (QED) is 0.750. The lowest BCUT2D eigenvalue weighted by Crippen LogP contribution is -2.28. The van der Waals surface area contributed by atoms with Crippen molar-refractivity contribution in [1.29, 1.82) is 0 Å². The Morgan fingerprint density at radius 1 is 1.64 bits per heavy atom. The maximum Gasteiger partial charge on any atom is 0.209 e. The minimum atomic E-state index is -0.731. The fraction of sp³-hybridized carbons (Fsp3) is 0.500. The Labute approximate surface area is 83.0 Å². The molecule has 2 unspecified atom stereocenters. The van der Waals surface area contributed by atoms with Crippen LogP contribution in [-0.2, 0) is 15.3 Å². The van der Waals surface area contributed by atoms with E-state index in [0.29, 0.717) is 13.2 Å². The summed E-state index contributed by atoms with van der Waals surface area (Å²) >= 11 is 0. The van der Waals surface area contributed by atoms with Gasteiger partial charge >= 0.3 is 0 Å². The van der Waals surface area contributed by atoms with E-state index in [1.54, 1.807) is 6.20 Å². The lowest BCUT2D eigenvalue weighted by Gasteiger charge is -2.22. The number of ether oxygens (including phenoxy) is 2. The molecule has 1 aromatic rings. The Kier molecular flexibility index (Phi) is 2.50. The monoisotopic (exact) mass is 194 g/mol. The van der Waals surface area contributed by atoms with Crippen molar-refractivity contribution in [3.05, 3.63) is 30.1 Å². The van der Waals surface area contributed by atoms with Crippen LogP contribution in [0.15, 0.2) is 24.4 Å². The van der Waals surface area contributed by atoms with Gasteiger partial charge in [-0.15, -0.1) is 0 Å². The Balaban J connectivity index is 2.19. The van der Waals surface area contributed by atoms with E-state index >= 15 is 0 Å². The Morgan fingerprint density at radius 3 is 3.07 bits per heavy atom. The number of nitrogens with two attached hydrogens (primary N) is 1. The molecular weight excluding hydrogens is 180 g/mol. The number of aromatic nitrogens is 1. The standard InChI is InChI=1S/C10H14N2O2/c1-10(9-4-2-3-5-12-9)13-7-8(6-11)14-10/h2-5,8H,6-7,11H2,1H3. The third-order valence-electron chi connectivity index (χ3n) is 2.33. The van der Waals surface area contributed by atoms with Gasteiger partial charge in [-0.2, -0.15) is 0 Å². The molecule has 0 aliphatic carbocycles. The van der Waals surface area contributed by atoms with Crippen LogP contribution in [0.5, 0.6) is 0 Å². The minimum Gasteiger partial charge on any atom is -0.342 e. The molecule has 0 aromatic carbocycles. The van der Waals surface area contributed by atoms with E-state index in [2.05, 4.69) is 4.98 Å². The van der Waals surface area contributed by atoms with Gasteiger partial charge in [-0.3, -0.25) is 4.98 Å². The molecule has 4 nitrogen and oxygen atoms in total. The second kappa shape index (κ2) is 3.65. The molecule has 4 heteroatoms. The molecule has 1 saturated heterocycles. The van der Waals surface area contributed by atoms with Crippen molar-refractivity contribution in [1.82, 2.24) is 4.98 Å².